The van der Waals surface area contributed by atoms with E-state index in [0.717, 1.165) is 6.42 Å². The maximum atomic E-state index is 10.9. The van der Waals surface area contributed by atoms with Crippen LogP contribution >= 0.6 is 24.0 Å². The van der Waals surface area contributed by atoms with Crippen molar-refractivity contribution in [3.05, 3.63) is 0 Å². The van der Waals surface area contributed by atoms with E-state index >= 15 is 0 Å². The molecule has 0 amide bonds. The molecule has 1 N–H and O–H groups in total. The van der Waals surface area contributed by atoms with Crippen molar-refractivity contribution in [2.75, 3.05) is 5.88 Å². The summed E-state index contributed by atoms with van der Waals surface area (Å²) in [5, 5.41) is 9.01. The van der Waals surface area contributed by atoms with Gasteiger partial charge in [0.25, 0.3) is 0 Å². The smallest absolute Gasteiger partial charge is 0.309 e. The highest BCUT2D eigenvalue weighted by molar-refractivity contribution is 6.17. The predicted molar refractivity (Wildman–Crippen MR) is 57.9 cm³/mol. The van der Waals surface area contributed by atoms with Gasteiger partial charge in [-0.05, 0) is 25.7 Å². The number of carbonyl (C=O) groups is 1. The van der Waals surface area contributed by atoms with Crippen LogP contribution in [0.4, 0.5) is 0 Å². The van der Waals surface area contributed by atoms with Gasteiger partial charge in [0.15, 0.2) is 0 Å². The Hall–Kier alpha value is 0.0500. The highest BCUT2D eigenvalue weighted by Gasteiger charge is 2.33. The Morgan fingerprint density at radius 2 is 1.85 bits per heavy atom. The van der Waals surface area contributed by atoms with Crippen molar-refractivity contribution in [1.29, 1.82) is 0 Å². The molecule has 13 heavy (non-hydrogen) atoms. The molecule has 0 aromatic heterocycles. The van der Waals surface area contributed by atoms with Crippen LogP contribution in [0.1, 0.15) is 39.5 Å². The Morgan fingerprint density at radius 3 is 2.08 bits per heavy atom. The molecular formula is C9H18Cl2O2. The number of carboxylic acid groups (broad SMARTS) is 1. The molecular weight excluding hydrogens is 211 g/mol. The average Bonchev–Trinajstić information content (AvgIpc) is 2.07. The van der Waals surface area contributed by atoms with Gasteiger partial charge in [0.05, 0.1) is 5.41 Å². The minimum atomic E-state index is -0.683. The first-order valence-corrected chi connectivity index (χ1v) is 4.95. The summed E-state index contributed by atoms with van der Waals surface area (Å²) in [4.78, 5) is 10.9. The zero-order chi connectivity index (χ0) is 9.61. The lowest BCUT2D eigenvalue weighted by molar-refractivity contribution is -0.150. The lowest BCUT2D eigenvalue weighted by Crippen LogP contribution is -2.29. The minimum Gasteiger partial charge on any atom is -0.481 e. The standard InChI is InChI=1S/C9H17ClO2.ClH/c1-3-9(4-2,8(11)12)6-5-7-10;/h3-7H2,1-2H3,(H,11,12);1H. The SMILES string of the molecule is CCC(CC)(CCCCl)C(=O)O.Cl. The monoisotopic (exact) mass is 228 g/mol. The molecule has 0 aliphatic rings. The fourth-order valence-electron chi connectivity index (χ4n) is 1.42. The van der Waals surface area contributed by atoms with Crippen LogP contribution in [0.3, 0.4) is 0 Å². The van der Waals surface area contributed by atoms with E-state index in [-0.39, 0.29) is 12.4 Å². The topological polar surface area (TPSA) is 37.3 Å². The molecule has 0 atom stereocenters. The zero-order valence-electron chi connectivity index (χ0n) is 8.18. The molecule has 80 valence electrons. The van der Waals surface area contributed by atoms with Gasteiger partial charge in [-0.25, -0.2) is 0 Å². The molecule has 0 bridgehead atoms. The highest BCUT2D eigenvalue weighted by Crippen LogP contribution is 2.32. The van der Waals surface area contributed by atoms with Crippen molar-refractivity contribution >= 4 is 30.0 Å². The van der Waals surface area contributed by atoms with E-state index in [1.165, 1.54) is 0 Å². The third-order valence-electron chi connectivity index (χ3n) is 2.60. The summed E-state index contributed by atoms with van der Waals surface area (Å²) in [7, 11) is 0. The quantitative estimate of drug-likeness (QED) is 0.709. The predicted octanol–water partition coefficient (Wildman–Crippen LogP) is 3.32. The Kier molecular flexibility index (Phi) is 8.90. The number of aliphatic carboxylic acids is 1. The van der Waals surface area contributed by atoms with Crippen LogP contribution in [0, 0.1) is 5.41 Å². The van der Waals surface area contributed by atoms with Crippen molar-refractivity contribution in [3.8, 4) is 0 Å². The van der Waals surface area contributed by atoms with Crippen LogP contribution in [0.25, 0.3) is 0 Å². The van der Waals surface area contributed by atoms with Gasteiger partial charge in [-0.1, -0.05) is 13.8 Å². The van der Waals surface area contributed by atoms with E-state index in [9.17, 15) is 4.79 Å². The molecule has 0 aromatic rings. The number of carboxylic acids is 1. The van der Waals surface area contributed by atoms with Gasteiger partial charge >= 0.3 is 5.97 Å². The maximum absolute atomic E-state index is 10.9. The van der Waals surface area contributed by atoms with Crippen molar-refractivity contribution < 1.29 is 9.90 Å². The van der Waals surface area contributed by atoms with Crippen molar-refractivity contribution in [3.63, 3.8) is 0 Å². The summed E-state index contributed by atoms with van der Waals surface area (Å²) in [6.07, 6.45) is 2.86. The lowest BCUT2D eigenvalue weighted by Gasteiger charge is -2.26. The van der Waals surface area contributed by atoms with E-state index in [1.54, 1.807) is 0 Å². The molecule has 4 heteroatoms. The second kappa shape index (κ2) is 7.45. The number of hydrogen-bond donors (Lipinski definition) is 1. The Labute approximate surface area is 91.1 Å². The fraction of sp³-hybridized carbons (Fsp3) is 0.889. The zero-order valence-corrected chi connectivity index (χ0v) is 9.75. The Morgan fingerprint density at radius 1 is 1.38 bits per heavy atom. The third-order valence-corrected chi connectivity index (χ3v) is 2.86. The molecule has 0 heterocycles. The summed E-state index contributed by atoms with van der Waals surface area (Å²) >= 11 is 5.53. The van der Waals surface area contributed by atoms with Gasteiger partial charge in [0.1, 0.15) is 0 Å². The number of halogens is 2. The van der Waals surface area contributed by atoms with Crippen LogP contribution in [-0.2, 0) is 4.79 Å². The summed E-state index contributed by atoms with van der Waals surface area (Å²) in [6, 6.07) is 0. The van der Waals surface area contributed by atoms with Crippen LogP contribution in [-0.4, -0.2) is 17.0 Å². The molecule has 0 spiro atoms. The molecule has 0 aliphatic carbocycles. The molecule has 0 fully saturated rings. The second-order valence-corrected chi connectivity index (χ2v) is 3.46. The number of alkyl halides is 1. The Balaban J connectivity index is 0. The summed E-state index contributed by atoms with van der Waals surface area (Å²) < 4.78 is 0. The van der Waals surface area contributed by atoms with Crippen LogP contribution in [0.5, 0.6) is 0 Å². The van der Waals surface area contributed by atoms with Gasteiger partial charge < -0.3 is 5.11 Å². The summed E-state index contributed by atoms with van der Waals surface area (Å²) in [6.45, 7) is 3.84. The van der Waals surface area contributed by atoms with Crippen LogP contribution in [0.15, 0.2) is 0 Å². The van der Waals surface area contributed by atoms with Gasteiger partial charge in [-0.3, -0.25) is 4.79 Å². The van der Waals surface area contributed by atoms with E-state index in [4.69, 9.17) is 16.7 Å². The maximum Gasteiger partial charge on any atom is 0.309 e. The van der Waals surface area contributed by atoms with Gasteiger partial charge in [0.2, 0.25) is 0 Å². The first kappa shape index (κ1) is 15.5. The molecule has 0 saturated carbocycles. The third kappa shape index (κ3) is 4.19. The number of rotatable bonds is 6. The van der Waals surface area contributed by atoms with E-state index in [2.05, 4.69) is 0 Å². The molecule has 2 nitrogen and oxygen atoms in total. The van der Waals surface area contributed by atoms with Crippen molar-refractivity contribution in [2.45, 2.75) is 39.5 Å². The number of hydrogen-bond acceptors (Lipinski definition) is 1. The largest absolute Gasteiger partial charge is 0.481 e. The Bertz CT molecular complexity index is 145. The van der Waals surface area contributed by atoms with Crippen LogP contribution < -0.4 is 0 Å². The molecule has 0 saturated heterocycles. The lowest BCUT2D eigenvalue weighted by atomic mass is 9.78. The second-order valence-electron chi connectivity index (χ2n) is 3.09. The summed E-state index contributed by atoms with van der Waals surface area (Å²) in [5.41, 5.74) is -0.533. The minimum absolute atomic E-state index is 0. The molecule has 0 aromatic carbocycles. The van der Waals surface area contributed by atoms with Crippen LogP contribution in [0.2, 0.25) is 0 Å². The normalized spacial score (nSPS) is 10.7. The van der Waals surface area contributed by atoms with Crippen molar-refractivity contribution in [2.24, 2.45) is 5.41 Å². The molecule has 0 aliphatic heterocycles. The van der Waals surface area contributed by atoms with Gasteiger partial charge in [-0.2, -0.15) is 0 Å². The van der Waals surface area contributed by atoms with Gasteiger partial charge in [0, 0.05) is 5.88 Å². The first-order chi connectivity index (χ1) is 5.63. The van der Waals surface area contributed by atoms with E-state index < -0.39 is 11.4 Å². The highest BCUT2D eigenvalue weighted by atomic mass is 35.5. The van der Waals surface area contributed by atoms with E-state index in [0.29, 0.717) is 25.1 Å². The van der Waals surface area contributed by atoms with E-state index in [1.807, 2.05) is 13.8 Å². The molecule has 0 rings (SSSR count). The first-order valence-electron chi connectivity index (χ1n) is 4.42. The molecule has 0 radical (unpaired) electrons. The summed E-state index contributed by atoms with van der Waals surface area (Å²) in [5.74, 6) is -0.132. The molecule has 0 unspecified atom stereocenters. The average molecular weight is 229 g/mol. The fourth-order valence-corrected chi connectivity index (χ4v) is 1.55. The van der Waals surface area contributed by atoms with Crippen molar-refractivity contribution in [1.82, 2.24) is 0 Å². The van der Waals surface area contributed by atoms with Gasteiger partial charge in [-0.15, -0.1) is 24.0 Å².